The van der Waals surface area contributed by atoms with Crippen LogP contribution >= 0.6 is 0 Å². The lowest BCUT2D eigenvalue weighted by Gasteiger charge is -2.57. The van der Waals surface area contributed by atoms with Gasteiger partial charge in [0.2, 0.25) is 0 Å². The Morgan fingerprint density at radius 3 is 2.64 bits per heavy atom. The molecule has 2 bridgehead atoms. The number of carbonyl (C=O) groups excluding carboxylic acids is 1. The average Bonchev–Trinajstić information content (AvgIpc) is 3.17. The largest absolute Gasteiger partial charge is 0.337 e. The van der Waals surface area contributed by atoms with Gasteiger partial charge in [-0.15, -0.1) is 0 Å². The lowest BCUT2D eigenvalue weighted by Crippen LogP contribution is -2.64. The molecule has 3 aliphatic heterocycles. The first kappa shape index (κ1) is 18.7. The number of rotatable bonds is 3. The van der Waals surface area contributed by atoms with Crippen LogP contribution in [0, 0.1) is 17.8 Å². The van der Waals surface area contributed by atoms with Gasteiger partial charge in [0.05, 0.1) is 12.5 Å². The van der Waals surface area contributed by atoms with Crippen LogP contribution in [-0.4, -0.2) is 57.0 Å². The molecule has 5 heteroatoms. The summed E-state index contributed by atoms with van der Waals surface area (Å²) in [6, 6.07) is 1.41. The summed E-state index contributed by atoms with van der Waals surface area (Å²) >= 11 is 0. The van der Waals surface area contributed by atoms with Crippen LogP contribution in [0.3, 0.4) is 0 Å². The second kappa shape index (κ2) is 7.81. The fourth-order valence-electron chi connectivity index (χ4n) is 6.89. The summed E-state index contributed by atoms with van der Waals surface area (Å²) < 4.78 is 1.87. The van der Waals surface area contributed by atoms with Crippen LogP contribution < -0.4 is 0 Å². The van der Waals surface area contributed by atoms with Gasteiger partial charge >= 0.3 is 0 Å². The van der Waals surface area contributed by atoms with Gasteiger partial charge < -0.3 is 9.47 Å². The molecular weight excluding hydrogens is 348 g/mol. The van der Waals surface area contributed by atoms with Gasteiger partial charge in [-0.25, -0.2) is 4.98 Å². The first-order valence-corrected chi connectivity index (χ1v) is 11.7. The minimum atomic E-state index is 0.190. The van der Waals surface area contributed by atoms with Crippen molar-refractivity contribution < 1.29 is 4.79 Å². The molecule has 0 unspecified atom stereocenters. The predicted molar refractivity (Wildman–Crippen MR) is 110 cm³/mol. The van der Waals surface area contributed by atoms with E-state index >= 15 is 0 Å². The fourth-order valence-corrected chi connectivity index (χ4v) is 6.89. The zero-order chi connectivity index (χ0) is 19.1. The van der Waals surface area contributed by atoms with Gasteiger partial charge in [0.1, 0.15) is 5.69 Å². The zero-order valence-electron chi connectivity index (χ0n) is 17.4. The van der Waals surface area contributed by atoms with Gasteiger partial charge in [-0.05, 0) is 50.0 Å². The summed E-state index contributed by atoms with van der Waals surface area (Å²) in [5, 5.41) is 0. The van der Waals surface area contributed by atoms with E-state index in [4.69, 9.17) is 0 Å². The highest BCUT2D eigenvalue weighted by atomic mass is 16.2. The summed E-state index contributed by atoms with van der Waals surface area (Å²) in [4.78, 5) is 22.5. The van der Waals surface area contributed by atoms with Crippen molar-refractivity contribution in [3.8, 4) is 0 Å². The van der Waals surface area contributed by atoms with Crippen LogP contribution in [0.15, 0.2) is 12.5 Å². The highest BCUT2D eigenvalue weighted by Gasteiger charge is 2.48. The van der Waals surface area contributed by atoms with E-state index in [2.05, 4.69) is 14.8 Å². The van der Waals surface area contributed by atoms with E-state index in [0.717, 1.165) is 24.7 Å². The van der Waals surface area contributed by atoms with E-state index in [1.807, 2.05) is 11.6 Å². The molecule has 5 nitrogen and oxygen atoms in total. The van der Waals surface area contributed by atoms with Gasteiger partial charge in [-0.3, -0.25) is 9.69 Å². The van der Waals surface area contributed by atoms with E-state index in [-0.39, 0.29) is 5.91 Å². The number of imidazole rings is 1. The Morgan fingerprint density at radius 2 is 1.86 bits per heavy atom. The molecule has 4 atom stereocenters. The van der Waals surface area contributed by atoms with Gasteiger partial charge in [0.15, 0.2) is 0 Å². The minimum Gasteiger partial charge on any atom is -0.337 e. The third-order valence-corrected chi connectivity index (χ3v) is 8.24. The van der Waals surface area contributed by atoms with Crippen LogP contribution in [0.1, 0.15) is 74.7 Å². The van der Waals surface area contributed by atoms with Crippen molar-refractivity contribution in [2.45, 2.75) is 76.3 Å². The standard InChI is InChI=1S/C23H36N4O/c1-25-16-24-13-22(25)23(28)26-14-18-12-19(15-26)21(11-17-7-3-2-4-8-17)27-10-6-5-9-20(18)27/h13,16-21H,2-12,14-15H2,1H3/t18-,19+,20+,21+/m1/s1. The number of piperidine rings is 3. The second-order valence-electron chi connectivity index (χ2n) is 9.96. The number of hydrogen-bond acceptors (Lipinski definition) is 3. The molecule has 5 rings (SSSR count). The van der Waals surface area contributed by atoms with Crippen molar-refractivity contribution in [1.82, 2.24) is 19.4 Å². The molecule has 4 fully saturated rings. The molecule has 4 heterocycles. The Hall–Kier alpha value is -1.36. The van der Waals surface area contributed by atoms with Gasteiger partial charge in [-0.1, -0.05) is 38.5 Å². The molecule has 0 radical (unpaired) electrons. The smallest absolute Gasteiger partial charge is 0.272 e. The zero-order valence-corrected chi connectivity index (χ0v) is 17.4. The molecule has 0 N–H and O–H groups in total. The highest BCUT2D eigenvalue weighted by Crippen LogP contribution is 2.44. The van der Waals surface area contributed by atoms with Crippen LogP contribution in [0.4, 0.5) is 0 Å². The molecule has 1 saturated carbocycles. The Morgan fingerprint density at radius 1 is 1.07 bits per heavy atom. The maximum Gasteiger partial charge on any atom is 0.272 e. The summed E-state index contributed by atoms with van der Waals surface area (Å²) in [6.45, 7) is 3.18. The molecule has 1 amide bonds. The first-order valence-electron chi connectivity index (χ1n) is 11.7. The number of aryl methyl sites for hydroxylation is 1. The Kier molecular flexibility index (Phi) is 5.20. The Bertz CT molecular complexity index is 695. The van der Waals surface area contributed by atoms with Gasteiger partial charge in [0.25, 0.3) is 5.91 Å². The third-order valence-electron chi connectivity index (χ3n) is 8.24. The molecule has 154 valence electrons. The van der Waals surface area contributed by atoms with E-state index in [0.29, 0.717) is 23.9 Å². The van der Waals surface area contributed by atoms with Crippen LogP contribution in [-0.2, 0) is 7.05 Å². The van der Waals surface area contributed by atoms with Crippen LogP contribution in [0.2, 0.25) is 0 Å². The quantitative estimate of drug-likeness (QED) is 0.798. The van der Waals surface area contributed by atoms with Crippen molar-refractivity contribution in [2.24, 2.45) is 24.8 Å². The van der Waals surface area contributed by atoms with E-state index in [1.165, 1.54) is 70.8 Å². The van der Waals surface area contributed by atoms with Crippen LogP contribution in [0.25, 0.3) is 0 Å². The Balaban J connectivity index is 1.37. The fraction of sp³-hybridized carbons (Fsp3) is 0.826. The molecule has 1 aliphatic carbocycles. The topological polar surface area (TPSA) is 41.4 Å². The van der Waals surface area contributed by atoms with Crippen molar-refractivity contribution >= 4 is 5.91 Å². The van der Waals surface area contributed by atoms with Crippen molar-refractivity contribution in [3.63, 3.8) is 0 Å². The lowest BCUT2D eigenvalue weighted by atomic mass is 9.69. The van der Waals surface area contributed by atoms with Gasteiger partial charge in [0, 0.05) is 32.2 Å². The number of carbonyl (C=O) groups is 1. The maximum absolute atomic E-state index is 13.2. The molecule has 0 aromatic carbocycles. The third kappa shape index (κ3) is 3.40. The normalized spacial score (nSPS) is 34.2. The molecule has 1 aromatic rings. The van der Waals surface area contributed by atoms with Crippen molar-refractivity contribution in [3.05, 3.63) is 18.2 Å². The predicted octanol–water partition coefficient (Wildman–Crippen LogP) is 3.71. The monoisotopic (exact) mass is 384 g/mol. The second-order valence-corrected chi connectivity index (χ2v) is 9.96. The lowest BCUT2D eigenvalue weighted by molar-refractivity contribution is -0.0726. The van der Waals surface area contributed by atoms with Crippen LogP contribution in [0.5, 0.6) is 0 Å². The summed E-state index contributed by atoms with van der Waals surface area (Å²) in [6.07, 6.45) is 17.4. The minimum absolute atomic E-state index is 0.190. The first-order chi connectivity index (χ1) is 13.7. The van der Waals surface area contributed by atoms with Crippen molar-refractivity contribution in [1.29, 1.82) is 0 Å². The SMILES string of the molecule is Cn1cncc1C(=O)N1C[C@H]2C[C@@H](C1)[C@H](CC1CCCCC1)N1CCCC[C@@H]21. The maximum atomic E-state index is 13.2. The number of nitrogens with zero attached hydrogens (tertiary/aromatic N) is 4. The molecule has 1 aromatic heterocycles. The Labute approximate surface area is 169 Å². The summed E-state index contributed by atoms with van der Waals surface area (Å²) in [7, 11) is 1.93. The molecule has 4 aliphatic rings. The molecule has 0 spiro atoms. The van der Waals surface area contributed by atoms with E-state index in [9.17, 15) is 4.79 Å². The summed E-state index contributed by atoms with van der Waals surface area (Å²) in [5.74, 6) is 2.43. The average molecular weight is 385 g/mol. The summed E-state index contributed by atoms with van der Waals surface area (Å²) in [5.41, 5.74) is 0.740. The molecule has 28 heavy (non-hydrogen) atoms. The molecule has 3 saturated heterocycles. The number of likely N-dealkylation sites (tertiary alicyclic amines) is 1. The number of amides is 1. The number of fused-ring (bicyclic) bond motifs is 4. The van der Waals surface area contributed by atoms with E-state index < -0.39 is 0 Å². The molecular formula is C23H36N4O. The number of hydrogen-bond donors (Lipinski definition) is 0. The highest BCUT2D eigenvalue weighted by molar-refractivity contribution is 5.92. The number of aromatic nitrogens is 2. The van der Waals surface area contributed by atoms with Crippen molar-refractivity contribution in [2.75, 3.05) is 19.6 Å². The van der Waals surface area contributed by atoms with Gasteiger partial charge in [-0.2, -0.15) is 0 Å². The van der Waals surface area contributed by atoms with E-state index in [1.54, 1.807) is 12.5 Å².